The second-order valence-corrected chi connectivity index (χ2v) is 7.33. The maximum atomic E-state index is 12.2. The van der Waals surface area contributed by atoms with Gasteiger partial charge in [0.25, 0.3) is 0 Å². The van der Waals surface area contributed by atoms with Crippen molar-refractivity contribution in [1.29, 1.82) is 0 Å². The number of para-hydroxylation sites is 1. The smallest absolute Gasteiger partial charge is 0.233 e. The topological polar surface area (TPSA) is 59.8 Å². The third-order valence-corrected chi connectivity index (χ3v) is 5.03. The van der Waals surface area contributed by atoms with Gasteiger partial charge in [-0.2, -0.15) is 0 Å². The first kappa shape index (κ1) is 18.9. The van der Waals surface area contributed by atoms with Crippen molar-refractivity contribution in [2.75, 3.05) is 6.54 Å². The van der Waals surface area contributed by atoms with Crippen LogP contribution in [0.2, 0.25) is 0 Å². The number of nitrogens with zero attached hydrogens (tertiary/aromatic N) is 3. The fourth-order valence-corrected chi connectivity index (χ4v) is 3.54. The molecular weight excluding hydrogens is 356 g/mol. The molecule has 1 amide bonds. The Hall–Kier alpha value is -2.86. The lowest BCUT2D eigenvalue weighted by molar-refractivity contribution is -0.120. The summed E-state index contributed by atoms with van der Waals surface area (Å²) in [6.07, 6.45) is 2.33. The predicted octanol–water partition coefficient (Wildman–Crippen LogP) is 3.64. The van der Waals surface area contributed by atoms with E-state index >= 15 is 0 Å². The molecule has 6 heteroatoms. The van der Waals surface area contributed by atoms with Gasteiger partial charge in [0.15, 0.2) is 5.16 Å². The number of hydrogen-bond donors (Lipinski definition) is 1. The molecule has 0 fully saturated rings. The van der Waals surface area contributed by atoms with E-state index in [1.807, 2.05) is 60.0 Å². The largest absolute Gasteiger partial charge is 0.352 e. The van der Waals surface area contributed by atoms with Gasteiger partial charge in [0.2, 0.25) is 5.91 Å². The number of carbonyl (C=O) groups excluding carboxylic acids is 1. The van der Waals surface area contributed by atoms with E-state index in [9.17, 15) is 4.79 Å². The van der Waals surface area contributed by atoms with Crippen LogP contribution in [-0.4, -0.2) is 32.5 Å². The molecule has 1 heterocycles. The number of carbonyl (C=O) groups is 1. The molecule has 1 N–H and O–H groups in total. The highest BCUT2D eigenvalue weighted by Crippen LogP contribution is 2.26. The second kappa shape index (κ2) is 9.19. The number of aromatic nitrogens is 3. The number of hydrogen-bond acceptors (Lipinski definition) is 4. The Balaban J connectivity index is 1.90. The molecule has 0 saturated carbocycles. The molecule has 0 saturated heterocycles. The highest BCUT2D eigenvalue weighted by Gasteiger charge is 2.20. The van der Waals surface area contributed by atoms with Crippen molar-refractivity contribution in [2.24, 2.45) is 0 Å². The minimum Gasteiger partial charge on any atom is -0.352 e. The van der Waals surface area contributed by atoms with Gasteiger partial charge in [0, 0.05) is 18.7 Å². The Morgan fingerprint density at radius 2 is 1.81 bits per heavy atom. The van der Waals surface area contributed by atoms with Crippen LogP contribution in [-0.2, 0) is 11.2 Å². The van der Waals surface area contributed by atoms with Crippen molar-refractivity contribution < 1.29 is 4.79 Å². The Kier molecular flexibility index (Phi) is 6.44. The van der Waals surface area contributed by atoms with E-state index in [1.54, 1.807) is 6.08 Å². The molecule has 0 spiro atoms. The zero-order valence-corrected chi connectivity index (χ0v) is 16.0. The molecule has 0 aliphatic rings. The SMILES string of the molecule is C=CCNC(=O)C(C)Sc1nnc(Cc2ccccc2)n1-c1ccccc1. The quantitative estimate of drug-likeness (QED) is 0.480. The first-order chi connectivity index (χ1) is 13.2. The van der Waals surface area contributed by atoms with Crippen LogP contribution in [0.5, 0.6) is 0 Å². The van der Waals surface area contributed by atoms with Crippen LogP contribution in [0, 0.1) is 0 Å². The summed E-state index contributed by atoms with van der Waals surface area (Å²) in [6, 6.07) is 20.1. The van der Waals surface area contributed by atoms with Crippen LogP contribution in [0.4, 0.5) is 0 Å². The molecule has 3 rings (SSSR count). The van der Waals surface area contributed by atoms with Crippen molar-refractivity contribution in [3.8, 4) is 5.69 Å². The van der Waals surface area contributed by atoms with Crippen LogP contribution in [0.3, 0.4) is 0 Å². The Morgan fingerprint density at radius 3 is 2.48 bits per heavy atom. The number of rotatable bonds is 8. The zero-order valence-electron chi connectivity index (χ0n) is 15.2. The van der Waals surface area contributed by atoms with Gasteiger partial charge in [-0.1, -0.05) is 66.4 Å². The number of benzene rings is 2. The summed E-state index contributed by atoms with van der Waals surface area (Å²) in [5.74, 6) is 0.792. The van der Waals surface area contributed by atoms with E-state index in [2.05, 4.69) is 34.2 Å². The van der Waals surface area contributed by atoms with Gasteiger partial charge in [-0.3, -0.25) is 9.36 Å². The molecule has 1 unspecified atom stereocenters. The van der Waals surface area contributed by atoms with Gasteiger partial charge in [-0.05, 0) is 24.6 Å². The molecule has 5 nitrogen and oxygen atoms in total. The standard InChI is InChI=1S/C21H22N4OS/c1-3-14-22-20(26)16(2)27-21-24-23-19(15-17-10-6-4-7-11-17)25(21)18-12-8-5-9-13-18/h3-13,16H,1,14-15H2,2H3,(H,22,26). The molecule has 138 valence electrons. The lowest BCUT2D eigenvalue weighted by Gasteiger charge is -2.13. The van der Waals surface area contributed by atoms with Gasteiger partial charge in [-0.25, -0.2) is 0 Å². The van der Waals surface area contributed by atoms with Gasteiger partial charge >= 0.3 is 0 Å². The summed E-state index contributed by atoms with van der Waals surface area (Å²) in [4.78, 5) is 12.2. The molecule has 1 atom stereocenters. The Morgan fingerprint density at radius 1 is 1.15 bits per heavy atom. The highest BCUT2D eigenvalue weighted by atomic mass is 32.2. The fourth-order valence-electron chi connectivity index (χ4n) is 2.63. The summed E-state index contributed by atoms with van der Waals surface area (Å²) >= 11 is 1.40. The zero-order chi connectivity index (χ0) is 19.1. The average Bonchev–Trinajstić information content (AvgIpc) is 3.09. The van der Waals surface area contributed by atoms with Gasteiger partial charge in [0.1, 0.15) is 5.82 Å². The van der Waals surface area contributed by atoms with E-state index in [-0.39, 0.29) is 11.2 Å². The number of thioether (sulfide) groups is 1. The summed E-state index contributed by atoms with van der Waals surface area (Å²) in [5, 5.41) is 12.0. The molecule has 27 heavy (non-hydrogen) atoms. The number of nitrogens with one attached hydrogen (secondary N) is 1. The Labute approximate surface area is 163 Å². The molecule has 0 bridgehead atoms. The maximum absolute atomic E-state index is 12.2. The van der Waals surface area contributed by atoms with Gasteiger partial charge in [-0.15, -0.1) is 16.8 Å². The monoisotopic (exact) mass is 378 g/mol. The molecule has 0 aliphatic carbocycles. The predicted molar refractivity (Wildman–Crippen MR) is 109 cm³/mol. The molecule has 0 radical (unpaired) electrons. The Bertz CT molecular complexity index is 893. The minimum absolute atomic E-state index is 0.0490. The van der Waals surface area contributed by atoms with Gasteiger partial charge < -0.3 is 5.32 Å². The third-order valence-electron chi connectivity index (χ3n) is 3.99. The minimum atomic E-state index is -0.291. The van der Waals surface area contributed by atoms with Crippen molar-refractivity contribution in [2.45, 2.75) is 23.8 Å². The summed E-state index contributed by atoms with van der Waals surface area (Å²) < 4.78 is 2.02. The van der Waals surface area contributed by atoms with Crippen molar-refractivity contribution >= 4 is 17.7 Å². The molecule has 2 aromatic carbocycles. The van der Waals surface area contributed by atoms with E-state index in [1.165, 1.54) is 11.8 Å². The normalized spacial score (nSPS) is 11.7. The summed E-state index contributed by atoms with van der Waals surface area (Å²) in [6.45, 7) is 5.94. The van der Waals surface area contributed by atoms with Crippen molar-refractivity contribution in [3.05, 3.63) is 84.7 Å². The second-order valence-electron chi connectivity index (χ2n) is 6.03. The first-order valence-corrected chi connectivity index (χ1v) is 9.66. The highest BCUT2D eigenvalue weighted by molar-refractivity contribution is 8.00. The summed E-state index contributed by atoms with van der Waals surface area (Å²) in [5.41, 5.74) is 2.14. The molecule has 1 aromatic heterocycles. The van der Waals surface area contributed by atoms with E-state index in [0.717, 1.165) is 17.1 Å². The van der Waals surface area contributed by atoms with Crippen LogP contribution in [0.25, 0.3) is 5.69 Å². The van der Waals surface area contributed by atoms with Crippen molar-refractivity contribution in [3.63, 3.8) is 0 Å². The van der Waals surface area contributed by atoms with E-state index < -0.39 is 0 Å². The van der Waals surface area contributed by atoms with Crippen LogP contribution >= 0.6 is 11.8 Å². The van der Waals surface area contributed by atoms with E-state index in [0.29, 0.717) is 18.1 Å². The molecule has 3 aromatic rings. The average molecular weight is 379 g/mol. The maximum Gasteiger partial charge on any atom is 0.233 e. The lowest BCUT2D eigenvalue weighted by atomic mass is 10.1. The molecular formula is C21H22N4OS. The molecule has 0 aliphatic heterocycles. The number of amides is 1. The lowest BCUT2D eigenvalue weighted by Crippen LogP contribution is -2.31. The van der Waals surface area contributed by atoms with Crippen LogP contribution < -0.4 is 5.32 Å². The van der Waals surface area contributed by atoms with Crippen LogP contribution in [0.1, 0.15) is 18.3 Å². The van der Waals surface area contributed by atoms with Crippen molar-refractivity contribution in [1.82, 2.24) is 20.1 Å². The van der Waals surface area contributed by atoms with Gasteiger partial charge in [0.05, 0.1) is 5.25 Å². The summed E-state index contributed by atoms with van der Waals surface area (Å²) in [7, 11) is 0. The van der Waals surface area contributed by atoms with E-state index in [4.69, 9.17) is 0 Å². The first-order valence-electron chi connectivity index (χ1n) is 8.78. The fraction of sp³-hybridized carbons (Fsp3) is 0.190. The van der Waals surface area contributed by atoms with Crippen LogP contribution in [0.15, 0.2) is 78.5 Å². The third kappa shape index (κ3) is 4.86.